The average Bonchev–Trinajstić information content (AvgIpc) is 3.64. The van der Waals surface area contributed by atoms with Crippen molar-refractivity contribution in [3.8, 4) is 11.5 Å². The third-order valence-electron chi connectivity index (χ3n) is 7.22. The number of aryl methyl sites for hydroxylation is 2. The number of nitrogens with zero attached hydrogens (tertiary/aromatic N) is 7. The van der Waals surface area contributed by atoms with Gasteiger partial charge in [-0.15, -0.1) is 17.5 Å². The molecule has 0 spiro atoms. The Morgan fingerprint density at radius 1 is 0.900 bits per heavy atom. The topological polar surface area (TPSA) is 81.4 Å². The van der Waals surface area contributed by atoms with Crippen molar-refractivity contribution in [3.63, 3.8) is 0 Å². The number of tetrazole rings is 1. The molecule has 0 N–H and O–H groups in total. The highest BCUT2D eigenvalue weighted by molar-refractivity contribution is 7.22. The smallest absolute Gasteiger partial charge is 0.186 e. The Balaban J connectivity index is 0.00000323. The number of aromatic nitrogens is 5. The van der Waals surface area contributed by atoms with E-state index in [4.69, 9.17) is 14.5 Å². The van der Waals surface area contributed by atoms with Crippen LogP contribution in [0.2, 0.25) is 0 Å². The van der Waals surface area contributed by atoms with E-state index in [1.54, 1.807) is 25.6 Å². The molecule has 0 aliphatic carbocycles. The molecule has 0 amide bonds. The molecule has 3 aromatic carbocycles. The first-order valence-corrected chi connectivity index (χ1v) is 13.9. The molecule has 208 valence electrons. The lowest BCUT2D eigenvalue weighted by atomic mass is 10.0. The second-order valence-electron chi connectivity index (χ2n) is 9.49. The molecule has 0 saturated carbocycles. The fourth-order valence-corrected chi connectivity index (χ4v) is 6.18. The number of ether oxygens (including phenoxy) is 2. The fourth-order valence-electron chi connectivity index (χ4n) is 5.17. The summed E-state index contributed by atoms with van der Waals surface area (Å²) >= 11 is 1.75. The highest BCUT2D eigenvalue weighted by Crippen LogP contribution is 2.37. The Bertz CT molecular complexity index is 1500. The van der Waals surface area contributed by atoms with E-state index < -0.39 is 0 Å². The number of anilines is 1. The van der Waals surface area contributed by atoms with Gasteiger partial charge in [0.25, 0.3) is 0 Å². The van der Waals surface area contributed by atoms with E-state index in [0.29, 0.717) is 6.54 Å². The van der Waals surface area contributed by atoms with Crippen LogP contribution in [0.4, 0.5) is 5.13 Å². The lowest BCUT2D eigenvalue weighted by Crippen LogP contribution is -2.48. The maximum Gasteiger partial charge on any atom is 0.186 e. The Hall–Kier alpha value is -3.73. The summed E-state index contributed by atoms with van der Waals surface area (Å²) < 4.78 is 14.6. The van der Waals surface area contributed by atoms with E-state index in [9.17, 15) is 0 Å². The standard InChI is InChI=1S/C29H31N7O2S.ClH/c1-37-22-12-13-25(38-2)23(20-22)27(28-31-32-33-36(28)15-14-21-8-4-3-5-9-21)34-16-18-35(19-17-34)29-30-24-10-6-7-11-26(24)39-29;/h3-13,20,27H,14-19H2,1-2H3;1H. The number of methoxy groups -OCH3 is 2. The zero-order chi connectivity index (χ0) is 26.6. The van der Waals surface area contributed by atoms with Gasteiger partial charge in [0.15, 0.2) is 11.0 Å². The zero-order valence-corrected chi connectivity index (χ0v) is 24.1. The predicted molar refractivity (Wildman–Crippen MR) is 160 cm³/mol. The van der Waals surface area contributed by atoms with E-state index >= 15 is 0 Å². The maximum absolute atomic E-state index is 5.83. The number of hydrogen-bond donors (Lipinski definition) is 0. The summed E-state index contributed by atoms with van der Waals surface area (Å²) in [6.07, 6.45) is 0.840. The van der Waals surface area contributed by atoms with Crippen LogP contribution in [0.15, 0.2) is 72.8 Å². The van der Waals surface area contributed by atoms with Crippen LogP contribution in [0.3, 0.4) is 0 Å². The van der Waals surface area contributed by atoms with Gasteiger partial charge >= 0.3 is 0 Å². The van der Waals surface area contributed by atoms with E-state index in [1.165, 1.54) is 10.3 Å². The largest absolute Gasteiger partial charge is 0.497 e. The van der Waals surface area contributed by atoms with Gasteiger partial charge in [-0.1, -0.05) is 53.8 Å². The number of rotatable bonds is 9. The first-order chi connectivity index (χ1) is 19.2. The van der Waals surface area contributed by atoms with Crippen LogP contribution in [-0.4, -0.2) is 70.5 Å². The molecule has 0 bridgehead atoms. The fraction of sp³-hybridized carbons (Fsp3) is 0.310. The summed E-state index contributed by atoms with van der Waals surface area (Å²) in [5.41, 5.74) is 3.29. The van der Waals surface area contributed by atoms with Crippen molar-refractivity contribution in [2.45, 2.75) is 19.0 Å². The van der Waals surface area contributed by atoms with E-state index in [1.807, 2.05) is 35.0 Å². The highest BCUT2D eigenvalue weighted by atomic mass is 35.5. The molecule has 1 aliphatic rings. The quantitative estimate of drug-likeness (QED) is 0.245. The van der Waals surface area contributed by atoms with Crippen LogP contribution in [0, 0.1) is 0 Å². The molecule has 1 unspecified atom stereocenters. The lowest BCUT2D eigenvalue weighted by molar-refractivity contribution is 0.197. The number of piperazine rings is 1. The van der Waals surface area contributed by atoms with Crippen molar-refractivity contribution in [2.24, 2.45) is 0 Å². The van der Waals surface area contributed by atoms with Gasteiger partial charge in [0.2, 0.25) is 0 Å². The molecule has 3 heterocycles. The molecule has 2 aromatic heterocycles. The van der Waals surface area contributed by atoms with Crippen molar-refractivity contribution in [1.82, 2.24) is 30.1 Å². The molecular formula is C29H32ClN7O2S. The summed E-state index contributed by atoms with van der Waals surface area (Å²) in [5.74, 6) is 2.35. The number of fused-ring (bicyclic) bond motifs is 1. The maximum atomic E-state index is 5.83. The van der Waals surface area contributed by atoms with E-state index in [2.05, 4.69) is 67.8 Å². The predicted octanol–water partition coefficient (Wildman–Crippen LogP) is 4.88. The minimum Gasteiger partial charge on any atom is -0.497 e. The summed E-state index contributed by atoms with van der Waals surface area (Å²) in [4.78, 5) is 9.70. The molecule has 11 heteroatoms. The van der Waals surface area contributed by atoms with Crippen LogP contribution in [0.5, 0.6) is 11.5 Å². The van der Waals surface area contributed by atoms with Crippen molar-refractivity contribution in [3.05, 3.63) is 89.7 Å². The normalized spacial score (nSPS) is 14.6. The van der Waals surface area contributed by atoms with Crippen LogP contribution >= 0.6 is 23.7 Å². The first-order valence-electron chi connectivity index (χ1n) is 13.1. The van der Waals surface area contributed by atoms with Crippen LogP contribution in [-0.2, 0) is 13.0 Å². The van der Waals surface area contributed by atoms with Crippen molar-refractivity contribution in [2.75, 3.05) is 45.3 Å². The van der Waals surface area contributed by atoms with Gasteiger partial charge < -0.3 is 14.4 Å². The van der Waals surface area contributed by atoms with Crippen LogP contribution in [0.25, 0.3) is 10.2 Å². The van der Waals surface area contributed by atoms with Crippen LogP contribution in [0.1, 0.15) is 23.0 Å². The molecule has 6 rings (SSSR count). The molecule has 1 fully saturated rings. The van der Waals surface area contributed by atoms with Crippen LogP contribution < -0.4 is 14.4 Å². The molecule has 0 radical (unpaired) electrons. The Kier molecular flexibility index (Phi) is 8.78. The van der Waals surface area contributed by atoms with Gasteiger partial charge in [-0.3, -0.25) is 4.90 Å². The number of benzene rings is 3. The molecule has 1 aliphatic heterocycles. The zero-order valence-electron chi connectivity index (χ0n) is 22.5. The summed E-state index contributed by atoms with van der Waals surface area (Å²) in [7, 11) is 3.38. The Morgan fingerprint density at radius 2 is 1.68 bits per heavy atom. The van der Waals surface area contributed by atoms with Gasteiger partial charge in [0, 0.05) is 38.3 Å². The summed E-state index contributed by atoms with van der Waals surface area (Å²) in [6, 6.07) is 24.5. The highest BCUT2D eigenvalue weighted by Gasteiger charge is 2.33. The van der Waals surface area contributed by atoms with E-state index in [-0.39, 0.29) is 18.4 Å². The monoisotopic (exact) mass is 577 g/mol. The summed E-state index contributed by atoms with van der Waals surface area (Å²) in [5, 5.41) is 14.1. The molecule has 1 atom stereocenters. The molecule has 5 aromatic rings. The molecule has 9 nitrogen and oxygen atoms in total. The lowest BCUT2D eigenvalue weighted by Gasteiger charge is -2.39. The van der Waals surface area contributed by atoms with Gasteiger partial charge in [-0.25, -0.2) is 9.67 Å². The minimum absolute atomic E-state index is 0. The molecule has 1 saturated heterocycles. The number of hydrogen-bond acceptors (Lipinski definition) is 9. The Morgan fingerprint density at radius 3 is 2.42 bits per heavy atom. The second-order valence-corrected chi connectivity index (χ2v) is 10.5. The van der Waals surface area contributed by atoms with E-state index in [0.717, 1.165) is 66.1 Å². The second kappa shape index (κ2) is 12.6. The minimum atomic E-state index is -0.196. The number of thiazole rings is 1. The third kappa shape index (κ3) is 5.74. The first kappa shape index (κ1) is 27.8. The average molecular weight is 578 g/mol. The Labute approximate surface area is 243 Å². The van der Waals surface area contributed by atoms with Gasteiger partial charge in [-0.05, 0) is 52.7 Å². The molecular weight excluding hydrogens is 546 g/mol. The van der Waals surface area contributed by atoms with Gasteiger partial charge in [0.05, 0.1) is 24.4 Å². The summed E-state index contributed by atoms with van der Waals surface area (Å²) in [6.45, 7) is 4.04. The third-order valence-corrected chi connectivity index (χ3v) is 8.32. The van der Waals surface area contributed by atoms with Crippen molar-refractivity contribution >= 4 is 39.1 Å². The molecule has 40 heavy (non-hydrogen) atoms. The van der Waals surface area contributed by atoms with Gasteiger partial charge in [-0.2, -0.15) is 0 Å². The SMILES string of the molecule is COc1ccc(OC)c(C(c2nnnn2CCc2ccccc2)N2CCN(c3nc4ccccc4s3)CC2)c1.Cl. The van der Waals surface area contributed by atoms with Crippen molar-refractivity contribution in [1.29, 1.82) is 0 Å². The number of para-hydroxylation sites is 1. The number of halogens is 1. The van der Waals surface area contributed by atoms with Gasteiger partial charge in [0.1, 0.15) is 17.5 Å². The van der Waals surface area contributed by atoms with Crippen molar-refractivity contribution < 1.29 is 9.47 Å².